The van der Waals surface area contributed by atoms with Crippen molar-refractivity contribution in [2.45, 2.75) is 19.3 Å². The quantitative estimate of drug-likeness (QED) is 0.705. The maximum absolute atomic E-state index is 13.0. The van der Waals surface area contributed by atoms with Crippen LogP contribution in [0.4, 0.5) is 4.39 Å². The number of nitrogens with one attached hydrogen (secondary N) is 1. The molecule has 15 heavy (non-hydrogen) atoms. The third-order valence-electron chi connectivity index (χ3n) is 2.55. The van der Waals surface area contributed by atoms with Crippen LogP contribution in [-0.2, 0) is 9.59 Å². The fraction of sp³-hybridized carbons (Fsp3) is 0.273. The Morgan fingerprint density at radius 3 is 2.67 bits per heavy atom. The van der Waals surface area contributed by atoms with Gasteiger partial charge in [-0.1, -0.05) is 12.1 Å². The Bertz CT molecular complexity index is 442. The van der Waals surface area contributed by atoms with E-state index in [1.165, 1.54) is 6.07 Å². The molecule has 2 amide bonds. The van der Waals surface area contributed by atoms with Crippen LogP contribution in [0, 0.1) is 12.7 Å². The first kappa shape index (κ1) is 9.83. The summed E-state index contributed by atoms with van der Waals surface area (Å²) in [4.78, 5) is 22.3. The van der Waals surface area contributed by atoms with E-state index in [9.17, 15) is 14.0 Å². The van der Waals surface area contributed by atoms with Gasteiger partial charge in [0.1, 0.15) is 5.82 Å². The van der Waals surface area contributed by atoms with Gasteiger partial charge in [0.15, 0.2) is 0 Å². The zero-order valence-corrected chi connectivity index (χ0v) is 8.21. The van der Waals surface area contributed by atoms with Crippen LogP contribution < -0.4 is 5.32 Å². The lowest BCUT2D eigenvalue weighted by Gasteiger charge is -2.07. The molecule has 78 valence electrons. The van der Waals surface area contributed by atoms with E-state index in [2.05, 4.69) is 5.32 Å². The molecule has 0 saturated carbocycles. The minimum atomic E-state index is -0.461. The van der Waals surface area contributed by atoms with Crippen LogP contribution in [0.3, 0.4) is 0 Å². The normalized spacial score (nSPS) is 20.5. The van der Waals surface area contributed by atoms with Crippen LogP contribution >= 0.6 is 0 Å². The number of hydrogen-bond acceptors (Lipinski definition) is 2. The molecule has 4 heteroatoms. The molecule has 2 rings (SSSR count). The molecule has 0 aromatic heterocycles. The average molecular weight is 207 g/mol. The highest BCUT2D eigenvalue weighted by atomic mass is 19.1. The molecule has 1 aliphatic heterocycles. The van der Waals surface area contributed by atoms with Crippen LogP contribution in [0.1, 0.15) is 23.5 Å². The second-order valence-corrected chi connectivity index (χ2v) is 3.68. The van der Waals surface area contributed by atoms with Gasteiger partial charge in [-0.05, 0) is 24.1 Å². The summed E-state index contributed by atoms with van der Waals surface area (Å²) in [5.74, 6) is -1.33. The van der Waals surface area contributed by atoms with Gasteiger partial charge in [-0.2, -0.15) is 0 Å². The second-order valence-electron chi connectivity index (χ2n) is 3.68. The van der Waals surface area contributed by atoms with Crippen molar-refractivity contribution in [3.63, 3.8) is 0 Å². The molecule has 1 heterocycles. The molecule has 1 N–H and O–H groups in total. The first-order chi connectivity index (χ1) is 7.08. The summed E-state index contributed by atoms with van der Waals surface area (Å²) in [5.41, 5.74) is 1.18. The first-order valence-electron chi connectivity index (χ1n) is 4.67. The van der Waals surface area contributed by atoms with E-state index in [0.717, 1.165) is 0 Å². The number of rotatable bonds is 1. The Labute approximate surface area is 86.3 Å². The SMILES string of the molecule is Cc1cc(C2CC(=O)NC2=O)ccc1F. The minimum Gasteiger partial charge on any atom is -0.296 e. The van der Waals surface area contributed by atoms with E-state index in [0.29, 0.717) is 11.1 Å². The van der Waals surface area contributed by atoms with Gasteiger partial charge >= 0.3 is 0 Å². The van der Waals surface area contributed by atoms with Crippen LogP contribution in [0.15, 0.2) is 18.2 Å². The molecule has 0 bridgehead atoms. The molecular formula is C11H10FNO2. The Hall–Kier alpha value is -1.71. The van der Waals surface area contributed by atoms with Crippen molar-refractivity contribution < 1.29 is 14.0 Å². The number of halogens is 1. The molecule has 1 saturated heterocycles. The number of aryl methyl sites for hydroxylation is 1. The van der Waals surface area contributed by atoms with Crippen molar-refractivity contribution in [2.75, 3.05) is 0 Å². The predicted octanol–water partition coefficient (Wildman–Crippen LogP) is 1.26. The smallest absolute Gasteiger partial charge is 0.234 e. The van der Waals surface area contributed by atoms with Crippen LogP contribution in [0.25, 0.3) is 0 Å². The zero-order valence-electron chi connectivity index (χ0n) is 8.21. The molecule has 1 atom stereocenters. The van der Waals surface area contributed by atoms with Crippen molar-refractivity contribution in [3.8, 4) is 0 Å². The monoisotopic (exact) mass is 207 g/mol. The van der Waals surface area contributed by atoms with E-state index >= 15 is 0 Å². The van der Waals surface area contributed by atoms with Crippen molar-refractivity contribution in [3.05, 3.63) is 35.1 Å². The first-order valence-corrected chi connectivity index (χ1v) is 4.67. The van der Waals surface area contributed by atoms with Gasteiger partial charge in [0, 0.05) is 6.42 Å². The Morgan fingerprint density at radius 1 is 1.40 bits per heavy atom. The molecule has 1 aliphatic rings. The molecule has 1 fully saturated rings. The number of carbonyl (C=O) groups excluding carboxylic acids is 2. The second kappa shape index (κ2) is 3.46. The van der Waals surface area contributed by atoms with Crippen LogP contribution in [-0.4, -0.2) is 11.8 Å². The van der Waals surface area contributed by atoms with Crippen molar-refractivity contribution >= 4 is 11.8 Å². The summed E-state index contributed by atoms with van der Waals surface area (Å²) >= 11 is 0. The van der Waals surface area contributed by atoms with Gasteiger partial charge in [0.2, 0.25) is 11.8 Å². The topological polar surface area (TPSA) is 46.2 Å². The number of carbonyl (C=O) groups is 2. The van der Waals surface area contributed by atoms with E-state index in [1.807, 2.05) is 0 Å². The summed E-state index contributed by atoms with van der Waals surface area (Å²) < 4.78 is 13.0. The van der Waals surface area contributed by atoms with Gasteiger partial charge in [-0.25, -0.2) is 4.39 Å². The summed E-state index contributed by atoms with van der Waals surface area (Å²) in [5, 5.41) is 2.23. The van der Waals surface area contributed by atoms with Gasteiger partial charge in [-0.3, -0.25) is 14.9 Å². The van der Waals surface area contributed by atoms with E-state index in [1.54, 1.807) is 19.1 Å². The molecule has 1 unspecified atom stereocenters. The fourth-order valence-corrected chi connectivity index (χ4v) is 1.71. The lowest BCUT2D eigenvalue weighted by atomic mass is 9.96. The third-order valence-corrected chi connectivity index (χ3v) is 2.55. The van der Waals surface area contributed by atoms with Gasteiger partial charge in [0.25, 0.3) is 0 Å². The van der Waals surface area contributed by atoms with Crippen molar-refractivity contribution in [1.82, 2.24) is 5.32 Å². The fourth-order valence-electron chi connectivity index (χ4n) is 1.71. The largest absolute Gasteiger partial charge is 0.296 e. The highest BCUT2D eigenvalue weighted by molar-refractivity contribution is 6.06. The van der Waals surface area contributed by atoms with E-state index in [-0.39, 0.29) is 24.1 Å². The number of hydrogen-bond donors (Lipinski definition) is 1. The summed E-state index contributed by atoms with van der Waals surface area (Å²) in [7, 11) is 0. The molecule has 0 aliphatic carbocycles. The molecule has 0 radical (unpaired) electrons. The maximum Gasteiger partial charge on any atom is 0.234 e. The van der Waals surface area contributed by atoms with E-state index in [4.69, 9.17) is 0 Å². The molecule has 1 aromatic carbocycles. The minimum absolute atomic E-state index is 0.157. The Balaban J connectivity index is 2.34. The number of benzene rings is 1. The standard InChI is InChI=1S/C11H10FNO2/c1-6-4-7(2-3-9(6)12)8-5-10(14)13-11(8)15/h2-4,8H,5H2,1H3,(H,13,14,15). The molecule has 3 nitrogen and oxygen atoms in total. The third kappa shape index (κ3) is 1.75. The van der Waals surface area contributed by atoms with Gasteiger partial charge in [0.05, 0.1) is 5.92 Å². The Kier molecular flexibility index (Phi) is 2.26. The number of amides is 2. The van der Waals surface area contributed by atoms with Gasteiger partial charge < -0.3 is 0 Å². The summed E-state index contributed by atoms with van der Waals surface area (Å²) in [6.07, 6.45) is 0.157. The summed E-state index contributed by atoms with van der Waals surface area (Å²) in [6, 6.07) is 4.48. The lowest BCUT2D eigenvalue weighted by Crippen LogP contribution is -2.21. The van der Waals surface area contributed by atoms with Crippen molar-refractivity contribution in [2.24, 2.45) is 0 Å². The van der Waals surface area contributed by atoms with Gasteiger partial charge in [-0.15, -0.1) is 0 Å². The summed E-state index contributed by atoms with van der Waals surface area (Å²) in [6.45, 7) is 1.63. The Morgan fingerprint density at radius 2 is 2.13 bits per heavy atom. The average Bonchev–Trinajstić information content (AvgIpc) is 2.50. The van der Waals surface area contributed by atoms with E-state index < -0.39 is 5.92 Å². The lowest BCUT2D eigenvalue weighted by molar-refractivity contribution is -0.125. The highest BCUT2D eigenvalue weighted by Crippen LogP contribution is 2.25. The molecule has 0 spiro atoms. The number of imide groups is 1. The van der Waals surface area contributed by atoms with Crippen LogP contribution in [0.2, 0.25) is 0 Å². The molecule has 1 aromatic rings. The zero-order chi connectivity index (χ0) is 11.0. The van der Waals surface area contributed by atoms with Crippen LogP contribution in [0.5, 0.6) is 0 Å². The highest BCUT2D eigenvalue weighted by Gasteiger charge is 2.31. The van der Waals surface area contributed by atoms with Crippen molar-refractivity contribution in [1.29, 1.82) is 0 Å². The predicted molar refractivity (Wildman–Crippen MR) is 51.6 cm³/mol. The maximum atomic E-state index is 13.0. The molecular weight excluding hydrogens is 197 g/mol.